The second kappa shape index (κ2) is 7.55. The molecule has 0 saturated carbocycles. The number of hydrogen-bond acceptors (Lipinski definition) is 4. The summed E-state index contributed by atoms with van der Waals surface area (Å²) in [4.78, 5) is 9.06. The van der Waals surface area contributed by atoms with Gasteiger partial charge in [-0.15, -0.1) is 0 Å². The molecule has 0 aliphatic heterocycles. The van der Waals surface area contributed by atoms with Crippen molar-refractivity contribution in [1.29, 1.82) is 0 Å². The SMILES string of the molecule is Cc1ccnc(NC(c2cc(C)ccc2C)c2ccc3ccc(C)nc3c2O)c1. The molecule has 0 saturated heterocycles. The molecule has 4 rings (SSSR count). The van der Waals surface area contributed by atoms with Crippen molar-refractivity contribution in [3.05, 3.63) is 94.3 Å². The highest BCUT2D eigenvalue weighted by Gasteiger charge is 2.22. The van der Waals surface area contributed by atoms with Gasteiger partial charge in [0.25, 0.3) is 0 Å². The molecule has 29 heavy (non-hydrogen) atoms. The number of phenols is 1. The van der Waals surface area contributed by atoms with E-state index < -0.39 is 0 Å². The Hall–Kier alpha value is -3.40. The monoisotopic (exact) mass is 383 g/mol. The molecule has 0 aliphatic carbocycles. The molecule has 0 amide bonds. The summed E-state index contributed by atoms with van der Waals surface area (Å²) in [6, 6.07) is 18.0. The lowest BCUT2D eigenvalue weighted by molar-refractivity contribution is 0.471. The van der Waals surface area contributed by atoms with Crippen molar-refractivity contribution in [2.75, 3.05) is 5.32 Å². The summed E-state index contributed by atoms with van der Waals surface area (Å²) < 4.78 is 0. The topological polar surface area (TPSA) is 58.0 Å². The highest BCUT2D eigenvalue weighted by Crippen LogP contribution is 2.37. The van der Waals surface area contributed by atoms with Crippen LogP contribution < -0.4 is 5.32 Å². The number of benzene rings is 2. The Morgan fingerprint density at radius 2 is 1.59 bits per heavy atom. The second-order valence-corrected chi connectivity index (χ2v) is 7.68. The van der Waals surface area contributed by atoms with E-state index in [-0.39, 0.29) is 11.8 Å². The molecular weight excluding hydrogens is 358 g/mol. The molecule has 2 N–H and O–H groups in total. The number of anilines is 1. The number of rotatable bonds is 4. The van der Waals surface area contributed by atoms with Crippen LogP contribution in [0.2, 0.25) is 0 Å². The molecule has 0 radical (unpaired) electrons. The number of nitrogens with zero attached hydrogens (tertiary/aromatic N) is 2. The van der Waals surface area contributed by atoms with E-state index in [0.29, 0.717) is 5.52 Å². The van der Waals surface area contributed by atoms with E-state index in [0.717, 1.165) is 39.2 Å². The minimum Gasteiger partial charge on any atom is -0.505 e. The van der Waals surface area contributed by atoms with Gasteiger partial charge in [0.05, 0.1) is 6.04 Å². The Kier molecular flexibility index (Phi) is 4.93. The van der Waals surface area contributed by atoms with Gasteiger partial charge in [0.1, 0.15) is 17.1 Å². The molecule has 4 aromatic rings. The van der Waals surface area contributed by atoms with Crippen LogP contribution in [-0.2, 0) is 0 Å². The van der Waals surface area contributed by atoms with Gasteiger partial charge >= 0.3 is 0 Å². The molecule has 0 spiro atoms. The number of aryl methyl sites for hydroxylation is 4. The Labute approximate surface area is 171 Å². The molecule has 0 bridgehead atoms. The average molecular weight is 383 g/mol. The molecule has 146 valence electrons. The molecule has 1 atom stereocenters. The van der Waals surface area contributed by atoms with Crippen molar-refractivity contribution in [3.63, 3.8) is 0 Å². The number of aromatic hydroxyl groups is 1. The molecule has 4 heteroatoms. The highest BCUT2D eigenvalue weighted by atomic mass is 16.3. The number of fused-ring (bicyclic) bond motifs is 1. The summed E-state index contributed by atoms with van der Waals surface area (Å²) in [6.45, 7) is 8.15. The molecule has 2 heterocycles. The highest BCUT2D eigenvalue weighted by molar-refractivity contribution is 5.86. The van der Waals surface area contributed by atoms with Crippen molar-refractivity contribution >= 4 is 16.7 Å². The van der Waals surface area contributed by atoms with Crippen LogP contribution in [0.15, 0.2) is 60.8 Å². The molecule has 0 aliphatic rings. The smallest absolute Gasteiger partial charge is 0.147 e. The third kappa shape index (κ3) is 3.79. The lowest BCUT2D eigenvalue weighted by Crippen LogP contribution is -2.15. The predicted octanol–water partition coefficient (Wildman–Crippen LogP) is 5.77. The fourth-order valence-corrected chi connectivity index (χ4v) is 3.68. The number of pyridine rings is 2. The fraction of sp³-hybridized carbons (Fsp3) is 0.200. The van der Waals surface area contributed by atoms with Crippen molar-refractivity contribution < 1.29 is 5.11 Å². The van der Waals surface area contributed by atoms with E-state index in [1.54, 1.807) is 6.20 Å². The maximum Gasteiger partial charge on any atom is 0.147 e. The predicted molar refractivity (Wildman–Crippen MR) is 119 cm³/mol. The van der Waals surface area contributed by atoms with Crippen molar-refractivity contribution in [2.45, 2.75) is 33.7 Å². The van der Waals surface area contributed by atoms with Crippen LogP contribution in [0.3, 0.4) is 0 Å². The summed E-state index contributed by atoms with van der Waals surface area (Å²) in [5.74, 6) is 0.977. The average Bonchev–Trinajstić information content (AvgIpc) is 2.69. The minimum absolute atomic E-state index is 0.206. The van der Waals surface area contributed by atoms with Gasteiger partial charge in [-0.05, 0) is 62.6 Å². The zero-order valence-corrected chi connectivity index (χ0v) is 17.2. The Balaban J connectivity index is 1.91. The minimum atomic E-state index is -0.254. The van der Waals surface area contributed by atoms with Crippen molar-refractivity contribution in [3.8, 4) is 5.75 Å². The maximum atomic E-state index is 11.2. The lowest BCUT2D eigenvalue weighted by atomic mass is 9.92. The normalized spacial score (nSPS) is 12.1. The van der Waals surface area contributed by atoms with E-state index in [9.17, 15) is 5.11 Å². The fourth-order valence-electron chi connectivity index (χ4n) is 3.68. The first-order valence-electron chi connectivity index (χ1n) is 9.78. The Morgan fingerprint density at radius 3 is 2.38 bits per heavy atom. The molecule has 1 unspecified atom stereocenters. The molecule has 2 aromatic carbocycles. The van der Waals surface area contributed by atoms with Gasteiger partial charge in [0, 0.05) is 22.8 Å². The maximum absolute atomic E-state index is 11.2. The lowest BCUT2D eigenvalue weighted by Gasteiger charge is -2.24. The largest absolute Gasteiger partial charge is 0.505 e. The van der Waals surface area contributed by atoms with E-state index >= 15 is 0 Å². The quantitative estimate of drug-likeness (QED) is 0.470. The van der Waals surface area contributed by atoms with Crippen LogP contribution in [0.4, 0.5) is 5.82 Å². The van der Waals surface area contributed by atoms with Crippen LogP contribution in [0.5, 0.6) is 5.75 Å². The first-order chi connectivity index (χ1) is 13.9. The van der Waals surface area contributed by atoms with Gasteiger partial charge in [-0.3, -0.25) is 0 Å². The van der Waals surface area contributed by atoms with Crippen LogP contribution in [0.25, 0.3) is 10.9 Å². The van der Waals surface area contributed by atoms with E-state index in [1.165, 1.54) is 5.56 Å². The first kappa shape index (κ1) is 18.9. The number of hydrogen-bond donors (Lipinski definition) is 2. The summed E-state index contributed by atoms with van der Waals surface area (Å²) in [5.41, 5.74) is 6.84. The van der Waals surface area contributed by atoms with Crippen LogP contribution in [0.1, 0.15) is 39.6 Å². The first-order valence-corrected chi connectivity index (χ1v) is 9.78. The third-order valence-electron chi connectivity index (χ3n) is 5.27. The van der Waals surface area contributed by atoms with Crippen LogP contribution in [-0.4, -0.2) is 15.1 Å². The summed E-state index contributed by atoms with van der Waals surface area (Å²) in [5, 5.41) is 15.6. The van der Waals surface area contributed by atoms with Gasteiger partial charge < -0.3 is 10.4 Å². The van der Waals surface area contributed by atoms with Gasteiger partial charge in [-0.25, -0.2) is 9.97 Å². The van der Waals surface area contributed by atoms with Gasteiger partial charge in [0.2, 0.25) is 0 Å². The summed E-state index contributed by atoms with van der Waals surface area (Å²) in [7, 11) is 0. The summed E-state index contributed by atoms with van der Waals surface area (Å²) in [6.07, 6.45) is 1.79. The van der Waals surface area contributed by atoms with Crippen molar-refractivity contribution in [2.24, 2.45) is 0 Å². The van der Waals surface area contributed by atoms with Gasteiger partial charge in [0.15, 0.2) is 0 Å². The Bertz CT molecular complexity index is 1200. The number of nitrogens with one attached hydrogen (secondary N) is 1. The standard InChI is InChI=1S/C25H25N3O/c1-15-5-6-17(3)21(13-15)24(28-22-14-16(2)11-12-26-22)20-10-9-19-8-7-18(4)27-23(19)25(20)29/h5-14,24,29H,1-4H3,(H,26,28). The number of phenolic OH excluding ortho intramolecular Hbond substituents is 1. The van der Waals surface area contributed by atoms with Crippen molar-refractivity contribution in [1.82, 2.24) is 9.97 Å². The Morgan fingerprint density at radius 1 is 0.828 bits per heavy atom. The molecular formula is C25H25N3O. The van der Waals surface area contributed by atoms with E-state index in [2.05, 4.69) is 47.3 Å². The van der Waals surface area contributed by atoms with Gasteiger partial charge in [-0.2, -0.15) is 0 Å². The zero-order chi connectivity index (χ0) is 20.5. The second-order valence-electron chi connectivity index (χ2n) is 7.68. The van der Waals surface area contributed by atoms with Crippen LogP contribution in [0, 0.1) is 27.7 Å². The summed E-state index contributed by atoms with van der Waals surface area (Å²) >= 11 is 0. The van der Waals surface area contributed by atoms with Gasteiger partial charge in [-0.1, -0.05) is 42.0 Å². The molecule has 2 aromatic heterocycles. The third-order valence-corrected chi connectivity index (χ3v) is 5.27. The number of aromatic nitrogens is 2. The molecule has 4 nitrogen and oxygen atoms in total. The molecule has 0 fully saturated rings. The van der Waals surface area contributed by atoms with E-state index in [4.69, 9.17) is 0 Å². The zero-order valence-electron chi connectivity index (χ0n) is 17.2. The van der Waals surface area contributed by atoms with Crippen LogP contribution >= 0.6 is 0 Å². The van der Waals surface area contributed by atoms with E-state index in [1.807, 2.05) is 50.2 Å².